The van der Waals surface area contributed by atoms with Gasteiger partial charge in [-0.15, -0.1) is 0 Å². The smallest absolute Gasteiger partial charge is 0.0571 e. The topological polar surface area (TPSA) is 6.48 Å². The third kappa shape index (κ3) is 3.62. The summed E-state index contributed by atoms with van der Waals surface area (Å²) in [7, 11) is 4.20. The van der Waals surface area contributed by atoms with Crippen LogP contribution in [0.4, 0.5) is 11.4 Å². The van der Waals surface area contributed by atoms with Crippen LogP contribution in [0.3, 0.4) is 0 Å². The normalized spacial score (nSPS) is 11.1. The Balaban J connectivity index is 2.15. The van der Waals surface area contributed by atoms with Crippen LogP contribution in [0.25, 0.3) is 0 Å². The summed E-state index contributed by atoms with van der Waals surface area (Å²) >= 11 is 0. The van der Waals surface area contributed by atoms with E-state index in [1.807, 2.05) is 0 Å². The third-order valence-electron chi connectivity index (χ3n) is 4.32. The molecule has 0 fully saturated rings. The summed E-state index contributed by atoms with van der Waals surface area (Å²) in [6.07, 6.45) is 0. The SMILES string of the molecule is CC(C)c1ccc(N(C)N(C)c2ccc(C(C)C)cc2)cc1. The van der Waals surface area contributed by atoms with Crippen LogP contribution in [0.1, 0.15) is 50.7 Å². The fraction of sp³-hybridized carbons (Fsp3) is 0.400. The fourth-order valence-electron chi connectivity index (χ4n) is 2.50. The number of rotatable bonds is 5. The third-order valence-corrected chi connectivity index (χ3v) is 4.32. The van der Waals surface area contributed by atoms with E-state index in [0.29, 0.717) is 11.8 Å². The molecule has 0 saturated heterocycles. The predicted octanol–water partition coefficient (Wildman–Crippen LogP) is 5.42. The van der Waals surface area contributed by atoms with Crippen molar-refractivity contribution in [1.29, 1.82) is 0 Å². The zero-order chi connectivity index (χ0) is 16.3. The molecule has 2 aromatic rings. The van der Waals surface area contributed by atoms with Crippen molar-refractivity contribution in [2.75, 3.05) is 24.1 Å². The first kappa shape index (κ1) is 16.4. The highest BCUT2D eigenvalue weighted by atomic mass is 15.6. The molecule has 2 rings (SSSR count). The van der Waals surface area contributed by atoms with Gasteiger partial charge in [-0.3, -0.25) is 10.0 Å². The maximum absolute atomic E-state index is 2.22. The lowest BCUT2D eigenvalue weighted by Gasteiger charge is -2.32. The van der Waals surface area contributed by atoms with Crippen LogP contribution < -0.4 is 10.0 Å². The predicted molar refractivity (Wildman–Crippen MR) is 97.9 cm³/mol. The molecule has 0 bridgehead atoms. The molecule has 2 aromatic carbocycles. The van der Waals surface area contributed by atoms with Crippen molar-refractivity contribution in [3.8, 4) is 0 Å². The minimum atomic E-state index is 0.570. The molecule has 0 aliphatic heterocycles. The quantitative estimate of drug-likeness (QED) is 0.680. The Hall–Kier alpha value is -1.96. The van der Waals surface area contributed by atoms with Crippen LogP contribution in [0, 0.1) is 0 Å². The van der Waals surface area contributed by atoms with Gasteiger partial charge in [0.25, 0.3) is 0 Å². The molecule has 0 spiro atoms. The summed E-state index contributed by atoms with van der Waals surface area (Å²) in [5, 5.41) is 4.35. The van der Waals surface area contributed by atoms with Gasteiger partial charge < -0.3 is 0 Å². The molecule has 2 nitrogen and oxygen atoms in total. The summed E-state index contributed by atoms with van der Waals surface area (Å²) in [6, 6.07) is 17.6. The van der Waals surface area contributed by atoms with Gasteiger partial charge in [0.2, 0.25) is 0 Å². The minimum absolute atomic E-state index is 0.570. The van der Waals surface area contributed by atoms with Crippen molar-refractivity contribution in [2.24, 2.45) is 0 Å². The van der Waals surface area contributed by atoms with Gasteiger partial charge in [0.1, 0.15) is 0 Å². The van der Waals surface area contributed by atoms with E-state index in [0.717, 1.165) is 0 Å². The van der Waals surface area contributed by atoms with Crippen molar-refractivity contribution in [3.05, 3.63) is 59.7 Å². The lowest BCUT2D eigenvalue weighted by Crippen LogP contribution is -2.36. The number of benzene rings is 2. The summed E-state index contributed by atoms with van der Waals surface area (Å²) < 4.78 is 0. The lowest BCUT2D eigenvalue weighted by molar-refractivity contribution is 0.855. The number of hydrogen-bond donors (Lipinski definition) is 0. The first-order valence-corrected chi connectivity index (χ1v) is 8.07. The molecule has 0 aromatic heterocycles. The largest absolute Gasteiger partial charge is 0.289 e. The van der Waals surface area contributed by atoms with Crippen LogP contribution in [0.5, 0.6) is 0 Å². The molecule has 0 amide bonds. The fourth-order valence-corrected chi connectivity index (χ4v) is 2.50. The Labute approximate surface area is 135 Å². The Kier molecular flexibility index (Phi) is 5.12. The highest BCUT2D eigenvalue weighted by Crippen LogP contribution is 2.24. The monoisotopic (exact) mass is 296 g/mol. The van der Waals surface area contributed by atoms with Gasteiger partial charge in [0.05, 0.1) is 11.4 Å². The molecular weight excluding hydrogens is 268 g/mol. The van der Waals surface area contributed by atoms with E-state index in [9.17, 15) is 0 Å². The number of hydrazine groups is 1. The second kappa shape index (κ2) is 6.87. The van der Waals surface area contributed by atoms with Crippen LogP contribution in [0.15, 0.2) is 48.5 Å². The van der Waals surface area contributed by atoms with E-state index in [1.165, 1.54) is 22.5 Å². The van der Waals surface area contributed by atoms with Gasteiger partial charge in [0, 0.05) is 14.1 Å². The van der Waals surface area contributed by atoms with Crippen molar-refractivity contribution in [2.45, 2.75) is 39.5 Å². The molecule has 0 aliphatic rings. The van der Waals surface area contributed by atoms with Crippen LogP contribution in [-0.2, 0) is 0 Å². The maximum atomic E-state index is 2.22. The summed E-state index contributed by atoms with van der Waals surface area (Å²) in [5.41, 5.74) is 5.14. The molecule has 22 heavy (non-hydrogen) atoms. The number of nitrogens with zero attached hydrogens (tertiary/aromatic N) is 2. The maximum Gasteiger partial charge on any atom is 0.0571 e. The molecular formula is C20H28N2. The lowest BCUT2D eigenvalue weighted by atomic mass is 10.0. The highest BCUT2D eigenvalue weighted by molar-refractivity contribution is 5.57. The van der Waals surface area contributed by atoms with Crippen molar-refractivity contribution in [1.82, 2.24) is 0 Å². The molecule has 0 heterocycles. The van der Waals surface area contributed by atoms with E-state index in [1.54, 1.807) is 0 Å². The zero-order valence-corrected chi connectivity index (χ0v) is 14.7. The molecule has 0 atom stereocenters. The van der Waals surface area contributed by atoms with E-state index in [4.69, 9.17) is 0 Å². The van der Waals surface area contributed by atoms with Gasteiger partial charge in [-0.2, -0.15) is 0 Å². The molecule has 0 N–H and O–H groups in total. The first-order chi connectivity index (χ1) is 10.4. The van der Waals surface area contributed by atoms with Gasteiger partial charge in [0.15, 0.2) is 0 Å². The molecule has 0 unspecified atom stereocenters. The van der Waals surface area contributed by atoms with Crippen LogP contribution in [-0.4, -0.2) is 14.1 Å². The van der Waals surface area contributed by atoms with Crippen molar-refractivity contribution < 1.29 is 0 Å². The summed E-state index contributed by atoms with van der Waals surface area (Å²) in [4.78, 5) is 0. The van der Waals surface area contributed by atoms with Gasteiger partial charge in [-0.05, 0) is 47.2 Å². The van der Waals surface area contributed by atoms with Crippen molar-refractivity contribution in [3.63, 3.8) is 0 Å². The Morgan fingerprint density at radius 1 is 0.545 bits per heavy atom. The summed E-state index contributed by atoms with van der Waals surface area (Å²) in [6.45, 7) is 8.89. The van der Waals surface area contributed by atoms with E-state index < -0.39 is 0 Å². The van der Waals surface area contributed by atoms with Gasteiger partial charge >= 0.3 is 0 Å². The van der Waals surface area contributed by atoms with E-state index in [-0.39, 0.29) is 0 Å². The highest BCUT2D eigenvalue weighted by Gasteiger charge is 2.09. The summed E-state index contributed by atoms with van der Waals surface area (Å²) in [5.74, 6) is 1.14. The molecule has 118 valence electrons. The average Bonchev–Trinajstić information content (AvgIpc) is 2.53. The van der Waals surface area contributed by atoms with Crippen LogP contribution >= 0.6 is 0 Å². The van der Waals surface area contributed by atoms with Crippen LogP contribution in [0.2, 0.25) is 0 Å². The number of anilines is 2. The zero-order valence-electron chi connectivity index (χ0n) is 14.7. The second-order valence-electron chi connectivity index (χ2n) is 6.54. The molecule has 2 heteroatoms. The van der Waals surface area contributed by atoms with Crippen molar-refractivity contribution >= 4 is 11.4 Å². The minimum Gasteiger partial charge on any atom is -0.289 e. The van der Waals surface area contributed by atoms with Gasteiger partial charge in [-0.1, -0.05) is 52.0 Å². The van der Waals surface area contributed by atoms with E-state index >= 15 is 0 Å². The Bertz CT molecular complexity index is 527. The molecule has 0 saturated carbocycles. The Morgan fingerprint density at radius 2 is 0.818 bits per heavy atom. The standard InChI is InChI=1S/C20H28N2/c1-15(2)17-7-11-19(12-8-17)21(5)22(6)20-13-9-18(10-14-20)16(3)4/h7-16H,1-6H3. The Morgan fingerprint density at radius 3 is 1.05 bits per heavy atom. The number of hydrogen-bond acceptors (Lipinski definition) is 2. The second-order valence-corrected chi connectivity index (χ2v) is 6.54. The molecule has 0 aliphatic carbocycles. The first-order valence-electron chi connectivity index (χ1n) is 8.07. The van der Waals surface area contributed by atoms with E-state index in [2.05, 4.69) is 100 Å². The van der Waals surface area contributed by atoms with Gasteiger partial charge in [-0.25, -0.2) is 0 Å². The molecule has 0 radical (unpaired) electrons. The average molecular weight is 296 g/mol.